The molecule has 8 nitrogen and oxygen atoms in total. The van der Waals surface area contributed by atoms with Crippen molar-refractivity contribution in [1.29, 1.82) is 0 Å². The molecule has 2 aromatic rings. The molecule has 0 spiro atoms. The van der Waals surface area contributed by atoms with Gasteiger partial charge in [0.2, 0.25) is 0 Å². The lowest BCUT2D eigenvalue weighted by atomic mass is 10.1. The molecule has 0 unspecified atom stereocenters. The van der Waals surface area contributed by atoms with Gasteiger partial charge in [-0.15, -0.1) is 0 Å². The molecule has 2 rings (SSSR count). The summed E-state index contributed by atoms with van der Waals surface area (Å²) in [6.07, 6.45) is 0. The molecule has 0 aliphatic heterocycles. The van der Waals surface area contributed by atoms with Crippen LogP contribution in [-0.2, 0) is 0 Å². The van der Waals surface area contributed by atoms with Crippen molar-refractivity contribution in [3.05, 3.63) is 72.8 Å². The number of carbonyl (C=O) groups is 1. The maximum atomic E-state index is 12.4. The van der Waals surface area contributed by atoms with Crippen LogP contribution in [0.3, 0.4) is 0 Å². The van der Waals surface area contributed by atoms with Gasteiger partial charge in [-0.3, -0.25) is 25.0 Å². The molecular weight excluding hydrogens is 314 g/mol. The van der Waals surface area contributed by atoms with E-state index in [2.05, 4.69) is 5.32 Å². The molecule has 1 N–H and O–H groups in total. The molecule has 0 saturated heterocycles. The number of hydrogen-bond donors (Lipinski definition) is 1. The smallest absolute Gasteiger partial charge is 0.293 e. The summed E-state index contributed by atoms with van der Waals surface area (Å²) in [5.41, 5.74) is 1.75. The summed E-state index contributed by atoms with van der Waals surface area (Å²) in [6.45, 7) is 4.99. The Morgan fingerprint density at radius 1 is 0.917 bits per heavy atom. The number of benzene rings is 2. The van der Waals surface area contributed by atoms with E-state index in [-0.39, 0.29) is 22.6 Å². The molecule has 0 atom stereocenters. The number of rotatable bonds is 4. The first-order valence-corrected chi connectivity index (χ1v) is 7.03. The van der Waals surface area contributed by atoms with Crippen LogP contribution in [0, 0.1) is 41.0 Å². The van der Waals surface area contributed by atoms with E-state index in [9.17, 15) is 25.0 Å². The molecule has 0 aliphatic rings. The largest absolute Gasteiger partial charge is 0.316 e. The topological polar surface area (TPSA) is 115 Å². The van der Waals surface area contributed by atoms with E-state index in [0.717, 1.165) is 5.56 Å². The van der Waals surface area contributed by atoms with Crippen LogP contribution >= 0.6 is 0 Å². The van der Waals surface area contributed by atoms with Crippen LogP contribution in [0.25, 0.3) is 0 Å². The van der Waals surface area contributed by atoms with Crippen molar-refractivity contribution >= 4 is 23.0 Å². The van der Waals surface area contributed by atoms with Gasteiger partial charge >= 0.3 is 0 Å². The molecule has 2 aromatic carbocycles. The summed E-state index contributed by atoms with van der Waals surface area (Å²) in [6, 6.07) is 6.88. The molecule has 0 bridgehead atoms. The van der Waals surface area contributed by atoms with Gasteiger partial charge in [0.25, 0.3) is 17.3 Å². The summed E-state index contributed by atoms with van der Waals surface area (Å²) >= 11 is 0. The highest BCUT2D eigenvalue weighted by atomic mass is 16.6. The van der Waals surface area contributed by atoms with Crippen molar-refractivity contribution in [1.82, 2.24) is 0 Å². The second kappa shape index (κ2) is 6.45. The Balaban J connectivity index is 2.40. The standard InChI is InChI=1S/C16H15N3O5/c1-9-4-6-14(19(23)24)15(11(9)3)17-16(20)12-5-7-13(18(21)22)10(2)8-12/h4-8H,1-3H3,(H,17,20). The lowest BCUT2D eigenvalue weighted by Gasteiger charge is -2.11. The fourth-order valence-electron chi connectivity index (χ4n) is 2.30. The number of hydrogen-bond acceptors (Lipinski definition) is 5. The quantitative estimate of drug-likeness (QED) is 0.678. The maximum Gasteiger partial charge on any atom is 0.293 e. The molecule has 124 valence electrons. The van der Waals surface area contributed by atoms with E-state index in [0.29, 0.717) is 11.1 Å². The summed E-state index contributed by atoms with van der Waals surface area (Å²) in [4.78, 5) is 33.3. The Hall–Kier alpha value is -3.29. The monoisotopic (exact) mass is 329 g/mol. The van der Waals surface area contributed by atoms with Crippen LogP contribution in [0.5, 0.6) is 0 Å². The molecule has 0 heterocycles. The highest BCUT2D eigenvalue weighted by molar-refractivity contribution is 6.06. The van der Waals surface area contributed by atoms with Crippen molar-refractivity contribution in [2.75, 3.05) is 5.32 Å². The van der Waals surface area contributed by atoms with Gasteiger partial charge in [-0.05, 0) is 44.0 Å². The number of carbonyl (C=O) groups excluding carboxylic acids is 1. The molecule has 0 aromatic heterocycles. The molecule has 24 heavy (non-hydrogen) atoms. The average Bonchev–Trinajstić information content (AvgIpc) is 2.51. The highest BCUT2D eigenvalue weighted by Gasteiger charge is 2.21. The van der Waals surface area contributed by atoms with Crippen LogP contribution in [0.4, 0.5) is 17.1 Å². The predicted octanol–water partition coefficient (Wildman–Crippen LogP) is 3.68. The minimum absolute atomic E-state index is 0.0933. The van der Waals surface area contributed by atoms with Crippen molar-refractivity contribution in [2.45, 2.75) is 20.8 Å². The third-order valence-electron chi connectivity index (χ3n) is 3.80. The first-order valence-electron chi connectivity index (χ1n) is 7.03. The first kappa shape index (κ1) is 17.1. The average molecular weight is 329 g/mol. The van der Waals surface area contributed by atoms with Gasteiger partial charge in [-0.2, -0.15) is 0 Å². The summed E-state index contributed by atoms with van der Waals surface area (Å²) in [7, 11) is 0. The van der Waals surface area contributed by atoms with Gasteiger partial charge in [-0.25, -0.2) is 0 Å². The lowest BCUT2D eigenvalue weighted by Crippen LogP contribution is -2.15. The molecule has 0 radical (unpaired) electrons. The zero-order valence-electron chi connectivity index (χ0n) is 13.3. The van der Waals surface area contributed by atoms with E-state index < -0.39 is 15.8 Å². The van der Waals surface area contributed by atoms with Crippen molar-refractivity contribution in [3.63, 3.8) is 0 Å². The number of nitrogens with zero attached hydrogens (tertiary/aromatic N) is 2. The maximum absolute atomic E-state index is 12.4. The fourth-order valence-corrected chi connectivity index (χ4v) is 2.30. The second-order valence-electron chi connectivity index (χ2n) is 5.37. The van der Waals surface area contributed by atoms with Crippen molar-refractivity contribution in [2.24, 2.45) is 0 Å². The van der Waals surface area contributed by atoms with E-state index in [1.807, 2.05) is 0 Å². The zero-order chi connectivity index (χ0) is 18.0. The summed E-state index contributed by atoms with van der Waals surface area (Å²) < 4.78 is 0. The Morgan fingerprint density at radius 3 is 2.04 bits per heavy atom. The Labute approximate surface area is 137 Å². The van der Waals surface area contributed by atoms with E-state index in [1.165, 1.54) is 31.2 Å². The van der Waals surface area contributed by atoms with Gasteiger partial charge in [0.05, 0.1) is 9.85 Å². The Bertz CT molecular complexity index is 861. The molecule has 0 fully saturated rings. The molecular formula is C16H15N3O5. The fraction of sp³-hybridized carbons (Fsp3) is 0.188. The van der Waals surface area contributed by atoms with Crippen LogP contribution in [-0.4, -0.2) is 15.8 Å². The van der Waals surface area contributed by atoms with Crippen LogP contribution in [0.2, 0.25) is 0 Å². The number of nitro benzene ring substituents is 2. The summed E-state index contributed by atoms with van der Waals surface area (Å²) in [5.74, 6) is -0.565. The second-order valence-corrected chi connectivity index (χ2v) is 5.37. The molecule has 0 aliphatic carbocycles. The van der Waals surface area contributed by atoms with Crippen molar-refractivity contribution < 1.29 is 14.6 Å². The number of aryl methyl sites for hydroxylation is 2. The lowest BCUT2D eigenvalue weighted by molar-refractivity contribution is -0.385. The Kier molecular flexibility index (Phi) is 4.59. The van der Waals surface area contributed by atoms with Crippen molar-refractivity contribution in [3.8, 4) is 0 Å². The summed E-state index contributed by atoms with van der Waals surface area (Å²) in [5, 5.41) is 24.5. The number of nitrogens with one attached hydrogen (secondary N) is 1. The highest BCUT2D eigenvalue weighted by Crippen LogP contribution is 2.31. The van der Waals surface area contributed by atoms with Gasteiger partial charge in [0.15, 0.2) is 0 Å². The number of nitro groups is 2. The van der Waals surface area contributed by atoms with Gasteiger partial charge in [0.1, 0.15) is 5.69 Å². The van der Waals surface area contributed by atoms with E-state index in [1.54, 1.807) is 19.9 Å². The van der Waals surface area contributed by atoms with Crippen LogP contribution < -0.4 is 5.32 Å². The number of amides is 1. The SMILES string of the molecule is Cc1cc(C(=O)Nc2c([N+](=O)[O-])ccc(C)c2C)ccc1[N+](=O)[O-]. The van der Waals surface area contributed by atoms with Crippen LogP contribution in [0.15, 0.2) is 30.3 Å². The number of anilines is 1. The van der Waals surface area contributed by atoms with Gasteiger partial charge < -0.3 is 5.32 Å². The van der Waals surface area contributed by atoms with E-state index in [4.69, 9.17) is 0 Å². The molecule has 0 saturated carbocycles. The minimum Gasteiger partial charge on any atom is -0.316 e. The molecule has 1 amide bonds. The minimum atomic E-state index is -0.566. The molecule has 8 heteroatoms. The first-order chi connectivity index (χ1) is 11.2. The third kappa shape index (κ3) is 3.22. The Morgan fingerprint density at radius 2 is 1.50 bits per heavy atom. The van der Waals surface area contributed by atoms with Gasteiger partial charge in [-0.1, -0.05) is 6.07 Å². The van der Waals surface area contributed by atoms with Crippen LogP contribution in [0.1, 0.15) is 27.0 Å². The predicted molar refractivity (Wildman–Crippen MR) is 88.4 cm³/mol. The van der Waals surface area contributed by atoms with Gasteiger partial charge in [0, 0.05) is 23.3 Å². The van der Waals surface area contributed by atoms with E-state index >= 15 is 0 Å². The normalized spacial score (nSPS) is 10.3. The zero-order valence-corrected chi connectivity index (χ0v) is 13.3. The third-order valence-corrected chi connectivity index (χ3v) is 3.80.